The molecule has 3 aromatic rings. The molecule has 3 aromatic carbocycles. The lowest BCUT2D eigenvalue weighted by atomic mass is 10.0. The third kappa shape index (κ3) is 4.30. The zero-order valence-corrected chi connectivity index (χ0v) is 14.7. The summed E-state index contributed by atoms with van der Waals surface area (Å²) in [6.07, 6.45) is 1.32. The summed E-state index contributed by atoms with van der Waals surface area (Å²) in [5.41, 5.74) is 3.54. The van der Waals surface area contributed by atoms with Crippen molar-refractivity contribution >= 4 is 28.8 Å². The van der Waals surface area contributed by atoms with Gasteiger partial charge in [0.25, 0.3) is 0 Å². The Bertz CT molecular complexity index is 1000. The molecule has 0 unspecified atom stereocenters. The van der Waals surface area contributed by atoms with Crippen molar-refractivity contribution in [1.29, 1.82) is 0 Å². The molecule has 1 atom stereocenters. The third-order valence-corrected chi connectivity index (χ3v) is 4.16. The van der Waals surface area contributed by atoms with Crippen LogP contribution in [0.25, 0.3) is 10.8 Å². The number of amides is 2. The van der Waals surface area contributed by atoms with Gasteiger partial charge in [-0.1, -0.05) is 60.7 Å². The molecule has 27 heavy (non-hydrogen) atoms. The van der Waals surface area contributed by atoms with Crippen LogP contribution >= 0.6 is 0 Å². The number of benzene rings is 3. The van der Waals surface area contributed by atoms with Crippen molar-refractivity contribution in [3.63, 3.8) is 0 Å². The fraction of sp³-hybridized carbons (Fsp3) is 0.0952. The molecule has 0 saturated carbocycles. The number of nitrogens with zero attached hydrogens (tertiary/aromatic N) is 1. The number of hydrogen-bond acceptors (Lipinski definition) is 4. The summed E-state index contributed by atoms with van der Waals surface area (Å²) < 4.78 is 0. The zero-order valence-electron chi connectivity index (χ0n) is 14.7. The Morgan fingerprint density at radius 1 is 0.963 bits per heavy atom. The van der Waals surface area contributed by atoms with E-state index in [2.05, 4.69) is 15.8 Å². The van der Waals surface area contributed by atoms with Gasteiger partial charge in [0.2, 0.25) is 0 Å². The standard InChI is InChI=1S/C21H19N3O3/c1-14(15-7-3-2-4-8-15)23-20(26)21(27)24-22-13-18-17-10-6-5-9-16(17)11-12-19(18)25/h2-14,25H,1H3,(H,23,26)(H,24,27)/b22-13+/t14-/m0/s1. The second-order valence-electron chi connectivity index (χ2n) is 6.02. The Labute approximate surface area is 156 Å². The van der Waals surface area contributed by atoms with E-state index in [0.717, 1.165) is 16.3 Å². The van der Waals surface area contributed by atoms with Gasteiger partial charge in [-0.05, 0) is 29.3 Å². The van der Waals surface area contributed by atoms with Crippen LogP contribution in [0.1, 0.15) is 24.1 Å². The molecule has 2 amide bonds. The largest absolute Gasteiger partial charge is 0.507 e. The predicted molar refractivity (Wildman–Crippen MR) is 104 cm³/mol. The van der Waals surface area contributed by atoms with E-state index in [1.807, 2.05) is 54.6 Å². The van der Waals surface area contributed by atoms with Gasteiger partial charge >= 0.3 is 11.8 Å². The first-order chi connectivity index (χ1) is 13.1. The van der Waals surface area contributed by atoms with Gasteiger partial charge in [0, 0.05) is 5.56 Å². The number of phenols is 1. The van der Waals surface area contributed by atoms with Crippen molar-refractivity contribution in [2.75, 3.05) is 0 Å². The first kappa shape index (κ1) is 18.1. The minimum atomic E-state index is -0.881. The quantitative estimate of drug-likeness (QED) is 0.379. The second kappa shape index (κ2) is 8.14. The van der Waals surface area contributed by atoms with E-state index in [4.69, 9.17) is 0 Å². The summed E-state index contributed by atoms with van der Waals surface area (Å²) in [6, 6.07) is 19.8. The zero-order chi connectivity index (χ0) is 19.2. The highest BCUT2D eigenvalue weighted by Crippen LogP contribution is 2.25. The number of carbonyl (C=O) groups excluding carboxylic acids is 2. The van der Waals surface area contributed by atoms with Crippen LogP contribution in [0.3, 0.4) is 0 Å². The molecule has 0 radical (unpaired) electrons. The average molecular weight is 361 g/mol. The lowest BCUT2D eigenvalue weighted by Crippen LogP contribution is -2.39. The predicted octanol–water partition coefficient (Wildman–Crippen LogP) is 2.87. The molecule has 0 saturated heterocycles. The molecule has 6 nitrogen and oxygen atoms in total. The number of fused-ring (bicyclic) bond motifs is 1. The fourth-order valence-electron chi connectivity index (χ4n) is 2.71. The molecule has 0 spiro atoms. The van der Waals surface area contributed by atoms with Gasteiger partial charge in [-0.15, -0.1) is 0 Å². The Balaban J connectivity index is 1.65. The number of phenolic OH excluding ortho intramolecular Hbond substituents is 1. The smallest absolute Gasteiger partial charge is 0.329 e. The number of nitrogens with one attached hydrogen (secondary N) is 2. The van der Waals surface area contributed by atoms with Gasteiger partial charge in [0.15, 0.2) is 0 Å². The summed E-state index contributed by atoms with van der Waals surface area (Å²) in [6.45, 7) is 1.79. The number of aromatic hydroxyl groups is 1. The van der Waals surface area contributed by atoms with Crippen LogP contribution in [0.15, 0.2) is 71.8 Å². The van der Waals surface area contributed by atoms with E-state index in [9.17, 15) is 14.7 Å². The molecule has 3 N–H and O–H groups in total. The number of hydrogen-bond donors (Lipinski definition) is 3. The molecule has 0 aliphatic carbocycles. The highest BCUT2D eigenvalue weighted by Gasteiger charge is 2.16. The van der Waals surface area contributed by atoms with Crippen molar-refractivity contribution in [3.8, 4) is 5.75 Å². The summed E-state index contributed by atoms with van der Waals surface area (Å²) >= 11 is 0. The van der Waals surface area contributed by atoms with E-state index in [1.54, 1.807) is 19.1 Å². The molecule has 0 bridgehead atoms. The third-order valence-electron chi connectivity index (χ3n) is 4.16. The molecule has 6 heteroatoms. The van der Waals surface area contributed by atoms with Gasteiger partial charge < -0.3 is 10.4 Å². The fourth-order valence-corrected chi connectivity index (χ4v) is 2.71. The summed E-state index contributed by atoms with van der Waals surface area (Å²) in [5, 5.41) is 18.2. The first-order valence-corrected chi connectivity index (χ1v) is 8.46. The van der Waals surface area contributed by atoms with Crippen LogP contribution in [0, 0.1) is 0 Å². The van der Waals surface area contributed by atoms with E-state index >= 15 is 0 Å². The first-order valence-electron chi connectivity index (χ1n) is 8.46. The van der Waals surface area contributed by atoms with Crippen LogP contribution in [0.4, 0.5) is 0 Å². The Morgan fingerprint density at radius 3 is 2.44 bits per heavy atom. The topological polar surface area (TPSA) is 90.8 Å². The lowest BCUT2D eigenvalue weighted by Gasteiger charge is -2.13. The van der Waals surface area contributed by atoms with E-state index < -0.39 is 11.8 Å². The Kier molecular flexibility index (Phi) is 5.47. The van der Waals surface area contributed by atoms with Gasteiger partial charge in [0.05, 0.1) is 12.3 Å². The molecule has 0 fully saturated rings. The number of carbonyl (C=O) groups is 2. The molecule has 0 aliphatic rings. The molecule has 3 rings (SSSR count). The molecule has 0 aliphatic heterocycles. The van der Waals surface area contributed by atoms with Crippen molar-refractivity contribution in [3.05, 3.63) is 77.9 Å². The van der Waals surface area contributed by atoms with Crippen molar-refractivity contribution in [1.82, 2.24) is 10.7 Å². The van der Waals surface area contributed by atoms with Crippen LogP contribution in [-0.2, 0) is 9.59 Å². The van der Waals surface area contributed by atoms with E-state index in [-0.39, 0.29) is 11.8 Å². The van der Waals surface area contributed by atoms with Crippen LogP contribution in [-0.4, -0.2) is 23.1 Å². The maximum absolute atomic E-state index is 12.0. The van der Waals surface area contributed by atoms with Gasteiger partial charge in [-0.3, -0.25) is 9.59 Å². The highest BCUT2D eigenvalue weighted by molar-refractivity contribution is 6.35. The summed E-state index contributed by atoms with van der Waals surface area (Å²) in [7, 11) is 0. The molecule has 0 aromatic heterocycles. The van der Waals surface area contributed by atoms with Gasteiger partial charge in [-0.2, -0.15) is 5.10 Å². The van der Waals surface area contributed by atoms with Crippen LogP contribution in [0.2, 0.25) is 0 Å². The van der Waals surface area contributed by atoms with Crippen LogP contribution in [0.5, 0.6) is 5.75 Å². The summed E-state index contributed by atoms with van der Waals surface area (Å²) in [5.74, 6) is -1.63. The van der Waals surface area contributed by atoms with Gasteiger partial charge in [-0.25, -0.2) is 5.43 Å². The molecule has 0 heterocycles. The maximum Gasteiger partial charge on any atom is 0.329 e. The Morgan fingerprint density at radius 2 is 1.67 bits per heavy atom. The molecular weight excluding hydrogens is 342 g/mol. The minimum absolute atomic E-state index is 0.0360. The lowest BCUT2D eigenvalue weighted by molar-refractivity contribution is -0.139. The summed E-state index contributed by atoms with van der Waals surface area (Å²) in [4.78, 5) is 24.0. The van der Waals surface area contributed by atoms with Crippen molar-refractivity contribution < 1.29 is 14.7 Å². The SMILES string of the molecule is C[C@H](NC(=O)C(=O)N/N=C/c1c(O)ccc2ccccc12)c1ccccc1. The van der Waals surface area contributed by atoms with E-state index in [0.29, 0.717) is 5.56 Å². The number of hydrazone groups is 1. The Hall–Kier alpha value is -3.67. The second-order valence-corrected chi connectivity index (χ2v) is 6.02. The van der Waals surface area contributed by atoms with Crippen LogP contribution < -0.4 is 10.7 Å². The van der Waals surface area contributed by atoms with Crippen molar-refractivity contribution in [2.45, 2.75) is 13.0 Å². The maximum atomic E-state index is 12.0. The monoisotopic (exact) mass is 361 g/mol. The molecular formula is C21H19N3O3. The molecule has 136 valence electrons. The highest BCUT2D eigenvalue weighted by atomic mass is 16.3. The minimum Gasteiger partial charge on any atom is -0.507 e. The average Bonchev–Trinajstić information content (AvgIpc) is 2.70. The van der Waals surface area contributed by atoms with E-state index in [1.165, 1.54) is 6.21 Å². The van der Waals surface area contributed by atoms with Gasteiger partial charge in [0.1, 0.15) is 5.75 Å². The van der Waals surface area contributed by atoms with Crippen molar-refractivity contribution in [2.24, 2.45) is 5.10 Å². The number of rotatable bonds is 4. The normalized spacial score (nSPS) is 12.0.